The first-order chi connectivity index (χ1) is 8.20. The molecule has 1 aromatic rings. The number of benzene rings is 1. The van der Waals surface area contributed by atoms with Crippen LogP contribution in [0.4, 0.5) is 4.39 Å². The molecular weight excluding hydrogens is 325 g/mol. The molecule has 18 heavy (non-hydrogen) atoms. The minimum absolute atomic E-state index is 0.127. The molecule has 0 aromatic heterocycles. The van der Waals surface area contributed by atoms with Crippen molar-refractivity contribution >= 4 is 31.7 Å². The van der Waals surface area contributed by atoms with Gasteiger partial charge >= 0.3 is 0 Å². The van der Waals surface area contributed by atoms with Crippen molar-refractivity contribution in [2.24, 2.45) is 0 Å². The highest BCUT2D eigenvalue weighted by molar-refractivity contribution is 9.10. The average Bonchev–Trinajstić information content (AvgIpc) is 2.13. The normalized spacial score (nSPS) is 13.1. The molecule has 1 unspecified atom stereocenters. The fourth-order valence-electron chi connectivity index (χ4n) is 1.51. The van der Waals surface area contributed by atoms with Gasteiger partial charge in [0.05, 0.1) is 11.3 Å². The molecule has 0 aliphatic heterocycles. The first-order valence-electron chi connectivity index (χ1n) is 5.13. The van der Waals surface area contributed by atoms with E-state index in [0.29, 0.717) is 4.47 Å². The van der Waals surface area contributed by atoms with Crippen molar-refractivity contribution in [2.75, 3.05) is 12.0 Å². The highest BCUT2D eigenvalue weighted by Crippen LogP contribution is 2.19. The highest BCUT2D eigenvalue weighted by atomic mass is 79.9. The molecule has 0 saturated carbocycles. The molecule has 0 saturated heterocycles. The topological polar surface area (TPSA) is 63.2 Å². The van der Waals surface area contributed by atoms with E-state index in [-0.39, 0.29) is 11.3 Å². The van der Waals surface area contributed by atoms with Crippen molar-refractivity contribution in [1.29, 1.82) is 0 Å². The van der Waals surface area contributed by atoms with Crippen LogP contribution in [0.5, 0.6) is 0 Å². The van der Waals surface area contributed by atoms with E-state index in [1.165, 1.54) is 12.1 Å². The second kappa shape index (κ2) is 5.79. The van der Waals surface area contributed by atoms with E-state index in [2.05, 4.69) is 21.2 Å². The second-order valence-corrected chi connectivity index (χ2v) is 7.10. The van der Waals surface area contributed by atoms with Gasteiger partial charge in [0, 0.05) is 16.8 Å². The molecule has 1 N–H and O–H groups in total. The van der Waals surface area contributed by atoms with Crippen LogP contribution in [0.1, 0.15) is 17.3 Å². The summed E-state index contributed by atoms with van der Waals surface area (Å²) in [5.74, 6) is -1.49. The zero-order valence-corrected chi connectivity index (χ0v) is 12.3. The Kier molecular flexibility index (Phi) is 4.86. The van der Waals surface area contributed by atoms with E-state index >= 15 is 0 Å². The largest absolute Gasteiger partial charge is 0.348 e. The monoisotopic (exact) mass is 337 g/mol. The lowest BCUT2D eigenvalue weighted by Crippen LogP contribution is -2.37. The number of nitrogens with one attached hydrogen (secondary N) is 1. The van der Waals surface area contributed by atoms with Gasteiger partial charge in [-0.3, -0.25) is 4.79 Å². The predicted octanol–water partition coefficient (Wildman–Crippen LogP) is 1.75. The van der Waals surface area contributed by atoms with Gasteiger partial charge in [0.25, 0.3) is 5.91 Å². The Morgan fingerprint density at radius 2 is 2.11 bits per heavy atom. The SMILES string of the molecule is CC(CS(C)(=O)=O)NC(=O)c1c(F)cccc1Br. The van der Waals surface area contributed by atoms with E-state index in [0.717, 1.165) is 6.26 Å². The van der Waals surface area contributed by atoms with Crippen LogP contribution < -0.4 is 5.32 Å². The Labute approximate surface area is 114 Å². The van der Waals surface area contributed by atoms with Gasteiger partial charge in [-0.2, -0.15) is 0 Å². The van der Waals surface area contributed by atoms with Crippen molar-refractivity contribution in [3.05, 3.63) is 34.1 Å². The Bertz CT molecular complexity index is 539. The third kappa shape index (κ3) is 4.38. The smallest absolute Gasteiger partial charge is 0.255 e. The quantitative estimate of drug-likeness (QED) is 0.910. The molecule has 4 nitrogen and oxygen atoms in total. The molecule has 0 bridgehead atoms. The third-order valence-corrected chi connectivity index (χ3v) is 3.89. The summed E-state index contributed by atoms with van der Waals surface area (Å²) in [6.45, 7) is 1.55. The molecule has 100 valence electrons. The first kappa shape index (κ1) is 15.1. The Morgan fingerprint density at radius 3 is 2.61 bits per heavy atom. The summed E-state index contributed by atoms with van der Waals surface area (Å²) in [6.07, 6.45) is 1.08. The maximum absolute atomic E-state index is 13.5. The zero-order chi connectivity index (χ0) is 13.9. The van der Waals surface area contributed by atoms with Crippen molar-refractivity contribution < 1.29 is 17.6 Å². The zero-order valence-electron chi connectivity index (χ0n) is 9.91. The van der Waals surface area contributed by atoms with Crippen LogP contribution >= 0.6 is 15.9 Å². The molecule has 1 aromatic carbocycles. The minimum Gasteiger partial charge on any atom is -0.348 e. The summed E-state index contributed by atoms with van der Waals surface area (Å²) < 4.78 is 35.9. The summed E-state index contributed by atoms with van der Waals surface area (Å²) in [5.41, 5.74) is -0.127. The third-order valence-electron chi connectivity index (χ3n) is 2.12. The van der Waals surface area contributed by atoms with E-state index < -0.39 is 27.6 Å². The van der Waals surface area contributed by atoms with Crippen LogP contribution in [-0.2, 0) is 9.84 Å². The van der Waals surface area contributed by atoms with Gasteiger partial charge < -0.3 is 5.32 Å². The summed E-state index contributed by atoms with van der Waals surface area (Å²) in [6, 6.07) is 3.59. The molecule has 1 amide bonds. The molecule has 1 atom stereocenters. The van der Waals surface area contributed by atoms with Gasteiger partial charge in [-0.25, -0.2) is 12.8 Å². The summed E-state index contributed by atoms with van der Waals surface area (Å²) in [5, 5.41) is 2.45. The van der Waals surface area contributed by atoms with E-state index in [4.69, 9.17) is 0 Å². The Balaban J connectivity index is 2.83. The van der Waals surface area contributed by atoms with Gasteiger partial charge in [-0.05, 0) is 35.0 Å². The van der Waals surface area contributed by atoms with Crippen LogP contribution in [0.25, 0.3) is 0 Å². The lowest BCUT2D eigenvalue weighted by Gasteiger charge is -2.13. The maximum atomic E-state index is 13.5. The molecule has 7 heteroatoms. The van der Waals surface area contributed by atoms with Crippen LogP contribution in [0.3, 0.4) is 0 Å². The average molecular weight is 338 g/mol. The predicted molar refractivity (Wildman–Crippen MR) is 70.7 cm³/mol. The fourth-order valence-corrected chi connectivity index (χ4v) is 3.02. The number of rotatable bonds is 4. The lowest BCUT2D eigenvalue weighted by atomic mass is 10.2. The van der Waals surface area contributed by atoms with Crippen molar-refractivity contribution in [3.63, 3.8) is 0 Å². The van der Waals surface area contributed by atoms with Crippen molar-refractivity contribution in [1.82, 2.24) is 5.32 Å². The number of hydrogen-bond acceptors (Lipinski definition) is 3. The van der Waals surface area contributed by atoms with Gasteiger partial charge in [0.2, 0.25) is 0 Å². The standard InChI is InChI=1S/C11H13BrFNO3S/c1-7(6-18(2,16)17)14-11(15)10-8(12)4-3-5-9(10)13/h3-5,7H,6H2,1-2H3,(H,14,15). The molecule has 0 fully saturated rings. The Hall–Kier alpha value is -0.950. The summed E-state index contributed by atoms with van der Waals surface area (Å²) in [4.78, 5) is 11.8. The van der Waals surface area contributed by atoms with Gasteiger partial charge in [-0.15, -0.1) is 0 Å². The fraction of sp³-hybridized carbons (Fsp3) is 0.364. The van der Waals surface area contributed by atoms with Crippen molar-refractivity contribution in [2.45, 2.75) is 13.0 Å². The summed E-state index contributed by atoms with van der Waals surface area (Å²) >= 11 is 3.08. The Morgan fingerprint density at radius 1 is 1.50 bits per heavy atom. The number of amides is 1. The summed E-state index contributed by atoms with van der Waals surface area (Å²) in [7, 11) is -3.19. The number of carbonyl (C=O) groups is 1. The number of halogens is 2. The van der Waals surface area contributed by atoms with E-state index in [1.54, 1.807) is 13.0 Å². The second-order valence-electron chi connectivity index (χ2n) is 4.06. The van der Waals surface area contributed by atoms with Crippen LogP contribution in [0, 0.1) is 5.82 Å². The molecule has 0 spiro atoms. The lowest BCUT2D eigenvalue weighted by molar-refractivity contribution is 0.0939. The maximum Gasteiger partial charge on any atom is 0.255 e. The molecule has 0 radical (unpaired) electrons. The number of hydrogen-bond donors (Lipinski definition) is 1. The van der Waals surface area contributed by atoms with E-state index in [1.807, 2.05) is 0 Å². The number of sulfone groups is 1. The number of carbonyl (C=O) groups excluding carboxylic acids is 1. The molecule has 1 rings (SSSR count). The van der Waals surface area contributed by atoms with Crippen LogP contribution in [0.2, 0.25) is 0 Å². The van der Waals surface area contributed by atoms with E-state index in [9.17, 15) is 17.6 Å². The van der Waals surface area contributed by atoms with Crippen LogP contribution in [-0.4, -0.2) is 32.4 Å². The molecular formula is C11H13BrFNO3S. The van der Waals surface area contributed by atoms with Crippen molar-refractivity contribution in [3.8, 4) is 0 Å². The highest BCUT2D eigenvalue weighted by Gasteiger charge is 2.19. The van der Waals surface area contributed by atoms with Gasteiger partial charge in [0.1, 0.15) is 15.7 Å². The van der Waals surface area contributed by atoms with Crippen LogP contribution in [0.15, 0.2) is 22.7 Å². The first-order valence-corrected chi connectivity index (χ1v) is 7.98. The molecule has 0 aliphatic carbocycles. The van der Waals surface area contributed by atoms with Gasteiger partial charge in [-0.1, -0.05) is 6.07 Å². The molecule has 0 heterocycles. The minimum atomic E-state index is -3.19. The molecule has 0 aliphatic rings. The van der Waals surface area contributed by atoms with Gasteiger partial charge in [0.15, 0.2) is 0 Å².